The quantitative estimate of drug-likeness (QED) is 0.0325. The van der Waals surface area contributed by atoms with Crippen LogP contribution in [-0.4, -0.2) is 46.9 Å². The summed E-state index contributed by atoms with van der Waals surface area (Å²) < 4.78 is 5.86. The summed E-state index contributed by atoms with van der Waals surface area (Å²) in [6.07, 6.45) is 61.5. The maximum atomic E-state index is 13.1. The molecule has 0 heterocycles. The van der Waals surface area contributed by atoms with E-state index in [4.69, 9.17) is 4.74 Å². The predicted molar refractivity (Wildman–Crippen MR) is 254 cm³/mol. The smallest absolute Gasteiger partial charge is 0.306 e. The predicted octanol–water partition coefficient (Wildman–Crippen LogP) is 13.9. The number of carbonyl (C=O) groups is 2. The van der Waals surface area contributed by atoms with Crippen molar-refractivity contribution in [1.82, 2.24) is 5.32 Å². The van der Waals surface area contributed by atoms with E-state index >= 15 is 0 Å². The molecular weight excluding hydrogens is 731 g/mol. The lowest BCUT2D eigenvalue weighted by Gasteiger charge is -2.24. The minimum Gasteiger partial charge on any atom is -0.462 e. The van der Waals surface area contributed by atoms with Gasteiger partial charge >= 0.3 is 5.97 Å². The van der Waals surface area contributed by atoms with Crippen molar-refractivity contribution in [1.29, 1.82) is 0 Å². The van der Waals surface area contributed by atoms with Crippen molar-refractivity contribution < 1.29 is 24.5 Å². The molecule has 0 spiro atoms. The van der Waals surface area contributed by atoms with Crippen LogP contribution in [0.5, 0.6) is 0 Å². The number of carbonyl (C=O) groups excluding carboxylic acids is 2. The number of esters is 1. The topological polar surface area (TPSA) is 95.9 Å². The Morgan fingerprint density at radius 3 is 1.46 bits per heavy atom. The van der Waals surface area contributed by atoms with Gasteiger partial charge in [-0.1, -0.05) is 220 Å². The Bertz CT molecular complexity index is 1240. The van der Waals surface area contributed by atoms with Crippen LogP contribution in [0.2, 0.25) is 0 Å². The number of rotatable bonds is 40. The summed E-state index contributed by atoms with van der Waals surface area (Å²) in [6.45, 7) is 6.23. The van der Waals surface area contributed by atoms with E-state index in [1.54, 1.807) is 0 Å². The lowest BCUT2D eigenvalue weighted by molar-refractivity contribution is -0.151. The molecule has 0 saturated heterocycles. The van der Waals surface area contributed by atoms with Crippen LogP contribution in [0.15, 0.2) is 109 Å². The molecule has 0 saturated carbocycles. The second-order valence-electron chi connectivity index (χ2n) is 15.6. The van der Waals surface area contributed by atoms with E-state index in [1.807, 2.05) is 48.6 Å². The van der Waals surface area contributed by atoms with Crippen LogP contribution >= 0.6 is 0 Å². The highest BCUT2D eigenvalue weighted by atomic mass is 16.5. The van der Waals surface area contributed by atoms with Crippen LogP contribution in [0.4, 0.5) is 0 Å². The summed E-state index contributed by atoms with van der Waals surface area (Å²) in [5.74, 6) is -0.587. The van der Waals surface area contributed by atoms with Gasteiger partial charge in [0.25, 0.3) is 0 Å². The first-order valence-electron chi connectivity index (χ1n) is 23.7. The van der Waals surface area contributed by atoms with E-state index in [0.29, 0.717) is 19.3 Å². The van der Waals surface area contributed by atoms with Gasteiger partial charge in [0, 0.05) is 6.42 Å². The Labute approximate surface area is 362 Å². The van der Waals surface area contributed by atoms with Gasteiger partial charge in [-0.2, -0.15) is 0 Å². The lowest BCUT2D eigenvalue weighted by Crippen LogP contribution is -2.46. The van der Waals surface area contributed by atoms with Crippen LogP contribution in [0.3, 0.4) is 0 Å². The first-order valence-corrected chi connectivity index (χ1v) is 23.7. The molecule has 3 atom stereocenters. The monoisotopic (exact) mass is 818 g/mol. The Hall–Kier alpha value is -3.48. The first kappa shape index (κ1) is 55.5. The Morgan fingerprint density at radius 1 is 0.508 bits per heavy atom. The number of hydrogen-bond acceptors (Lipinski definition) is 5. The Kier molecular flexibility index (Phi) is 42.9. The molecular formula is C53H87NO5. The van der Waals surface area contributed by atoms with Crippen molar-refractivity contribution in [3.8, 4) is 0 Å². The van der Waals surface area contributed by atoms with Gasteiger partial charge in [-0.05, 0) is 64.2 Å². The van der Waals surface area contributed by atoms with Crippen molar-refractivity contribution >= 4 is 11.9 Å². The van der Waals surface area contributed by atoms with Gasteiger partial charge in [-0.25, -0.2) is 0 Å². The zero-order valence-corrected chi connectivity index (χ0v) is 37.8. The molecule has 0 aliphatic heterocycles. The van der Waals surface area contributed by atoms with Gasteiger partial charge in [0.05, 0.1) is 25.2 Å². The molecule has 3 N–H and O–H groups in total. The molecule has 6 heteroatoms. The van der Waals surface area contributed by atoms with Crippen LogP contribution in [0.1, 0.15) is 188 Å². The summed E-state index contributed by atoms with van der Waals surface area (Å²) in [5.41, 5.74) is 0. The van der Waals surface area contributed by atoms with Crippen LogP contribution in [-0.2, 0) is 14.3 Å². The van der Waals surface area contributed by atoms with Crippen LogP contribution in [0, 0.1) is 0 Å². The third-order valence-corrected chi connectivity index (χ3v) is 10.1. The number of aliphatic hydroxyl groups is 2. The zero-order chi connectivity index (χ0) is 43.1. The molecule has 0 rings (SSSR count). The number of nitrogens with one attached hydrogen (secondary N) is 1. The maximum absolute atomic E-state index is 13.1. The molecule has 0 aromatic carbocycles. The van der Waals surface area contributed by atoms with Crippen molar-refractivity contribution in [3.63, 3.8) is 0 Å². The summed E-state index contributed by atoms with van der Waals surface area (Å²) in [5, 5.41) is 23.6. The van der Waals surface area contributed by atoms with Crippen molar-refractivity contribution in [2.24, 2.45) is 0 Å². The van der Waals surface area contributed by atoms with Gasteiger partial charge < -0.3 is 20.3 Å². The summed E-state index contributed by atoms with van der Waals surface area (Å²) >= 11 is 0. The van der Waals surface area contributed by atoms with E-state index in [-0.39, 0.29) is 24.9 Å². The van der Waals surface area contributed by atoms with Crippen molar-refractivity contribution in [3.05, 3.63) is 109 Å². The first-order chi connectivity index (χ1) is 29.0. The van der Waals surface area contributed by atoms with Gasteiger partial charge in [0.2, 0.25) is 5.91 Å². The molecule has 1 amide bonds. The molecule has 3 unspecified atom stereocenters. The fourth-order valence-electron chi connectivity index (χ4n) is 6.47. The van der Waals surface area contributed by atoms with Gasteiger partial charge in [-0.3, -0.25) is 9.59 Å². The van der Waals surface area contributed by atoms with Crippen molar-refractivity contribution in [2.45, 2.75) is 206 Å². The van der Waals surface area contributed by atoms with Crippen LogP contribution in [0.25, 0.3) is 0 Å². The fourth-order valence-corrected chi connectivity index (χ4v) is 6.47. The highest BCUT2D eigenvalue weighted by Gasteiger charge is 2.24. The molecule has 0 aromatic heterocycles. The maximum Gasteiger partial charge on any atom is 0.306 e. The molecule has 0 aliphatic rings. The number of ether oxygens (including phenoxy) is 1. The summed E-state index contributed by atoms with van der Waals surface area (Å²) in [6, 6.07) is -0.735. The molecule has 0 bridgehead atoms. The third-order valence-electron chi connectivity index (χ3n) is 10.1. The van der Waals surface area contributed by atoms with E-state index in [2.05, 4.69) is 86.8 Å². The number of allylic oxidation sites excluding steroid dienone is 18. The van der Waals surface area contributed by atoms with E-state index in [1.165, 1.54) is 57.8 Å². The second kappa shape index (κ2) is 45.6. The van der Waals surface area contributed by atoms with Crippen molar-refractivity contribution in [2.75, 3.05) is 6.61 Å². The molecule has 0 aliphatic carbocycles. The Morgan fingerprint density at radius 2 is 0.932 bits per heavy atom. The molecule has 59 heavy (non-hydrogen) atoms. The molecule has 0 radical (unpaired) electrons. The van der Waals surface area contributed by atoms with Gasteiger partial charge in [-0.15, -0.1) is 0 Å². The minimum absolute atomic E-state index is 0.0114. The highest BCUT2D eigenvalue weighted by Crippen LogP contribution is 2.16. The van der Waals surface area contributed by atoms with Gasteiger partial charge in [0.1, 0.15) is 6.10 Å². The fraction of sp³-hybridized carbons (Fsp3) is 0.623. The lowest BCUT2D eigenvalue weighted by atomic mass is 10.0. The average molecular weight is 818 g/mol. The zero-order valence-electron chi connectivity index (χ0n) is 37.8. The van der Waals surface area contributed by atoms with E-state index in [0.717, 1.165) is 83.5 Å². The number of aliphatic hydroxyl groups excluding tert-OH is 2. The molecule has 0 aromatic rings. The second-order valence-corrected chi connectivity index (χ2v) is 15.6. The number of amides is 1. The molecule has 6 nitrogen and oxygen atoms in total. The van der Waals surface area contributed by atoms with Crippen LogP contribution < -0.4 is 5.32 Å². The molecule has 334 valence electrons. The van der Waals surface area contributed by atoms with Gasteiger partial charge in [0.15, 0.2) is 0 Å². The number of hydrogen-bond donors (Lipinski definition) is 3. The number of unbranched alkanes of at least 4 members (excludes halogenated alkanes) is 17. The van der Waals surface area contributed by atoms with E-state index in [9.17, 15) is 19.8 Å². The largest absolute Gasteiger partial charge is 0.462 e. The SMILES string of the molecule is CC/C=C/C=C/C=C\C=C/C=C/CCCC(CC(=O)NC(CO)C(O)CCCCCCCCCCC)OC(=O)CCCCCCC/C=C/C=C/C=C/C=C/CCCCC. The standard InChI is InChI=1S/C53H87NO5/c1-4-7-10-13-16-19-21-23-24-25-26-27-29-31-34-37-40-43-46-53(58)59-49(44-41-38-35-33-30-28-22-20-17-14-11-8-5-2)47-52(57)54-50(48-55)51(56)45-42-39-36-32-18-15-12-9-6-3/h8,11,14,16-17,19-28,30,33,35,49-51,55-56H,4-7,9-10,12-13,15,18,29,31-32,34,36-48H2,1-3H3,(H,54,57)/b11-8+,17-14+,19-16+,22-20-,23-21+,25-24+,27-26+,30-28-,35-33+. The highest BCUT2D eigenvalue weighted by molar-refractivity contribution is 5.77. The summed E-state index contributed by atoms with van der Waals surface area (Å²) in [7, 11) is 0. The third kappa shape index (κ3) is 41.1. The van der Waals surface area contributed by atoms with E-state index < -0.39 is 18.2 Å². The molecule has 0 fully saturated rings. The summed E-state index contributed by atoms with van der Waals surface area (Å²) in [4.78, 5) is 26.0. The minimum atomic E-state index is -0.816. The normalized spacial score (nSPS) is 14.3. The Balaban J connectivity index is 4.76. The average Bonchev–Trinajstić information content (AvgIpc) is 3.23.